The van der Waals surface area contributed by atoms with Crippen molar-refractivity contribution in [2.75, 3.05) is 11.4 Å². The molecule has 2 aromatic rings. The van der Waals surface area contributed by atoms with E-state index >= 15 is 0 Å². The molecule has 0 bridgehead atoms. The van der Waals surface area contributed by atoms with Gasteiger partial charge in [0.25, 0.3) is 0 Å². The Hall–Kier alpha value is -2.61. The Morgan fingerprint density at radius 2 is 2.07 bits per heavy atom. The average Bonchev–Trinajstić information content (AvgIpc) is 3.28. The molecule has 1 aliphatic rings. The summed E-state index contributed by atoms with van der Waals surface area (Å²) in [6.45, 7) is 3.79. The number of benzene rings is 1. The topological polar surface area (TPSA) is 96.7 Å². The number of nitrogens with zero attached hydrogens (tertiary/aromatic N) is 1. The van der Waals surface area contributed by atoms with Crippen molar-refractivity contribution in [3.63, 3.8) is 0 Å². The van der Waals surface area contributed by atoms with Gasteiger partial charge in [-0.25, -0.2) is 8.42 Å². The number of nitrogens with one attached hydrogen (secondary N) is 1. The van der Waals surface area contributed by atoms with Gasteiger partial charge in [0.1, 0.15) is 5.76 Å². The zero-order valence-electron chi connectivity index (χ0n) is 15.3. The van der Waals surface area contributed by atoms with Crippen LogP contribution in [0, 0.1) is 0 Å². The summed E-state index contributed by atoms with van der Waals surface area (Å²) in [6.07, 6.45) is 1.99. The van der Waals surface area contributed by atoms with Gasteiger partial charge >= 0.3 is 0 Å². The normalized spacial score (nSPS) is 14.7. The molecular formula is C19H22N2O5S. The zero-order valence-corrected chi connectivity index (χ0v) is 16.1. The first-order valence-electron chi connectivity index (χ1n) is 8.73. The van der Waals surface area contributed by atoms with Crippen molar-refractivity contribution in [3.8, 4) is 0 Å². The Kier molecular flexibility index (Phi) is 5.36. The molecule has 0 saturated heterocycles. The lowest BCUT2D eigenvalue weighted by Crippen LogP contribution is -2.29. The van der Waals surface area contributed by atoms with Crippen LogP contribution in [0.25, 0.3) is 0 Å². The van der Waals surface area contributed by atoms with Crippen LogP contribution in [0.2, 0.25) is 0 Å². The molecule has 2 heterocycles. The summed E-state index contributed by atoms with van der Waals surface area (Å²) in [7, 11) is -3.65. The van der Waals surface area contributed by atoms with Crippen LogP contribution in [0.5, 0.6) is 0 Å². The molecule has 0 radical (unpaired) electrons. The van der Waals surface area contributed by atoms with Gasteiger partial charge in [-0.3, -0.25) is 9.59 Å². The molecule has 0 fully saturated rings. The monoisotopic (exact) mass is 390 g/mol. The van der Waals surface area contributed by atoms with Gasteiger partial charge in [0.2, 0.25) is 11.8 Å². The van der Waals surface area contributed by atoms with Crippen molar-refractivity contribution in [1.29, 1.82) is 0 Å². The molecule has 27 heavy (non-hydrogen) atoms. The molecule has 144 valence electrons. The van der Waals surface area contributed by atoms with E-state index in [0.29, 0.717) is 18.7 Å². The molecule has 1 aliphatic heterocycles. The highest BCUT2D eigenvalue weighted by atomic mass is 32.2. The lowest BCUT2D eigenvalue weighted by Gasteiger charge is -2.16. The fraction of sp³-hybridized carbons (Fsp3) is 0.368. The molecule has 2 amide bonds. The number of sulfone groups is 1. The molecule has 0 aliphatic carbocycles. The van der Waals surface area contributed by atoms with Crippen molar-refractivity contribution in [3.05, 3.63) is 47.9 Å². The third-order valence-electron chi connectivity index (χ3n) is 4.70. The Bertz CT molecular complexity index is 950. The van der Waals surface area contributed by atoms with Gasteiger partial charge in [-0.1, -0.05) is 0 Å². The number of furan rings is 1. The van der Waals surface area contributed by atoms with E-state index in [1.807, 2.05) is 0 Å². The minimum Gasteiger partial charge on any atom is -0.467 e. The van der Waals surface area contributed by atoms with Gasteiger partial charge in [0.05, 0.1) is 23.0 Å². The smallest absolute Gasteiger partial charge is 0.223 e. The largest absolute Gasteiger partial charge is 0.467 e. The maximum Gasteiger partial charge on any atom is 0.223 e. The Morgan fingerprint density at radius 3 is 2.74 bits per heavy atom. The zero-order chi connectivity index (χ0) is 19.6. The molecule has 1 aromatic heterocycles. The fourth-order valence-electron chi connectivity index (χ4n) is 3.16. The Morgan fingerprint density at radius 1 is 1.30 bits per heavy atom. The van der Waals surface area contributed by atoms with E-state index < -0.39 is 15.1 Å². The minimum absolute atomic E-state index is 0.0639. The van der Waals surface area contributed by atoms with Gasteiger partial charge < -0.3 is 14.6 Å². The second-order valence-electron chi connectivity index (χ2n) is 6.63. The average molecular weight is 390 g/mol. The van der Waals surface area contributed by atoms with E-state index in [1.54, 1.807) is 29.2 Å². The summed E-state index contributed by atoms with van der Waals surface area (Å²) in [5.74, 6) is 0.185. The molecule has 1 N–H and O–H groups in total. The maximum absolute atomic E-state index is 12.8. The van der Waals surface area contributed by atoms with Crippen LogP contribution in [-0.4, -0.2) is 32.0 Å². The van der Waals surface area contributed by atoms with Gasteiger partial charge in [0.15, 0.2) is 9.84 Å². The second kappa shape index (κ2) is 7.56. The van der Waals surface area contributed by atoms with Gasteiger partial charge in [-0.2, -0.15) is 0 Å². The summed E-state index contributed by atoms with van der Waals surface area (Å²) in [5, 5.41) is 1.79. The van der Waals surface area contributed by atoms with E-state index in [-0.39, 0.29) is 29.7 Å². The van der Waals surface area contributed by atoms with E-state index in [2.05, 4.69) is 5.32 Å². The van der Waals surface area contributed by atoms with Crippen LogP contribution in [0.3, 0.4) is 0 Å². The molecular weight excluding hydrogens is 368 g/mol. The van der Waals surface area contributed by atoms with Crippen molar-refractivity contribution in [1.82, 2.24) is 5.32 Å². The summed E-state index contributed by atoms with van der Waals surface area (Å²) in [4.78, 5) is 25.5. The summed E-state index contributed by atoms with van der Waals surface area (Å²) in [5.41, 5.74) is 1.59. The SMILES string of the molecule is CC(=O)N1CCc2cc(S(=O)(=O)C(C)CC(=O)NCc3ccco3)ccc21. The molecule has 3 rings (SSSR count). The van der Waals surface area contributed by atoms with E-state index in [0.717, 1.165) is 11.3 Å². The van der Waals surface area contributed by atoms with Crippen molar-refractivity contribution in [2.45, 2.75) is 43.4 Å². The van der Waals surface area contributed by atoms with Crippen LogP contribution in [0.4, 0.5) is 5.69 Å². The van der Waals surface area contributed by atoms with Crippen molar-refractivity contribution in [2.24, 2.45) is 0 Å². The van der Waals surface area contributed by atoms with E-state index in [1.165, 1.54) is 26.2 Å². The summed E-state index contributed by atoms with van der Waals surface area (Å²) >= 11 is 0. The van der Waals surface area contributed by atoms with Crippen LogP contribution >= 0.6 is 0 Å². The molecule has 0 saturated carbocycles. The third kappa shape index (κ3) is 4.05. The number of carbonyl (C=O) groups is 2. The fourth-order valence-corrected chi connectivity index (χ4v) is 4.56. The van der Waals surface area contributed by atoms with Gasteiger partial charge in [0, 0.05) is 25.6 Å². The minimum atomic E-state index is -3.65. The number of carbonyl (C=O) groups excluding carboxylic acids is 2. The number of anilines is 1. The Balaban J connectivity index is 1.68. The highest BCUT2D eigenvalue weighted by Crippen LogP contribution is 2.31. The molecule has 1 unspecified atom stereocenters. The number of amides is 2. The van der Waals surface area contributed by atoms with Gasteiger partial charge in [-0.05, 0) is 49.2 Å². The predicted octanol–water partition coefficient (Wildman–Crippen LogP) is 2.06. The Labute approximate surface area is 158 Å². The van der Waals surface area contributed by atoms with Crippen molar-refractivity contribution >= 4 is 27.3 Å². The first kappa shape index (κ1) is 19.2. The van der Waals surface area contributed by atoms with Crippen LogP contribution in [0.15, 0.2) is 45.9 Å². The predicted molar refractivity (Wildman–Crippen MR) is 100.0 cm³/mol. The van der Waals surface area contributed by atoms with Crippen LogP contribution in [-0.2, 0) is 32.4 Å². The number of hydrogen-bond acceptors (Lipinski definition) is 5. The number of fused-ring (bicyclic) bond motifs is 1. The van der Waals surface area contributed by atoms with Crippen LogP contribution < -0.4 is 10.2 Å². The summed E-state index contributed by atoms with van der Waals surface area (Å²) in [6, 6.07) is 8.24. The number of rotatable bonds is 6. The summed E-state index contributed by atoms with van der Waals surface area (Å²) < 4.78 is 30.8. The van der Waals surface area contributed by atoms with E-state index in [4.69, 9.17) is 4.42 Å². The van der Waals surface area contributed by atoms with Gasteiger partial charge in [-0.15, -0.1) is 0 Å². The molecule has 1 aromatic carbocycles. The molecule has 8 heteroatoms. The quantitative estimate of drug-likeness (QED) is 0.814. The highest BCUT2D eigenvalue weighted by molar-refractivity contribution is 7.92. The van der Waals surface area contributed by atoms with E-state index in [9.17, 15) is 18.0 Å². The van der Waals surface area contributed by atoms with Crippen molar-refractivity contribution < 1.29 is 22.4 Å². The lowest BCUT2D eigenvalue weighted by molar-refractivity contribution is -0.121. The van der Waals surface area contributed by atoms with Crippen LogP contribution in [0.1, 0.15) is 31.6 Å². The molecule has 7 nitrogen and oxygen atoms in total. The third-order valence-corrected chi connectivity index (χ3v) is 6.83. The lowest BCUT2D eigenvalue weighted by atomic mass is 10.2. The molecule has 1 atom stereocenters. The maximum atomic E-state index is 12.8. The first-order chi connectivity index (χ1) is 12.8. The first-order valence-corrected chi connectivity index (χ1v) is 10.3. The second-order valence-corrected chi connectivity index (χ2v) is 8.99. The standard InChI is InChI=1S/C19H22N2O5S/c1-13(10-19(23)20-12-16-4-3-9-26-16)27(24,25)17-5-6-18-15(11-17)7-8-21(18)14(2)22/h3-6,9,11,13H,7-8,10,12H2,1-2H3,(H,20,23). The highest BCUT2D eigenvalue weighted by Gasteiger charge is 2.29. The number of hydrogen-bond donors (Lipinski definition) is 1. The molecule has 0 spiro atoms.